The molecule has 5 nitrogen and oxygen atoms in total. The number of aliphatic hydroxyl groups excluding tert-OH is 1. The molecule has 1 amide bonds. The van der Waals surface area contributed by atoms with Crippen LogP contribution in [0.3, 0.4) is 0 Å². The Morgan fingerprint density at radius 3 is 2.75 bits per heavy atom. The van der Waals surface area contributed by atoms with Crippen molar-refractivity contribution in [3.05, 3.63) is 70.3 Å². The monoisotopic (exact) mass is 431 g/mol. The average Bonchev–Trinajstić information content (AvgIpc) is 3.03. The van der Waals surface area contributed by atoms with Crippen LogP contribution < -0.4 is 11.2 Å². The predicted octanol–water partition coefficient (Wildman–Crippen LogP) is 2.38. The highest BCUT2D eigenvalue weighted by Gasteiger charge is 2.56. The van der Waals surface area contributed by atoms with Crippen LogP contribution in [0.5, 0.6) is 0 Å². The van der Waals surface area contributed by atoms with Crippen molar-refractivity contribution in [1.29, 1.82) is 0 Å². The largest absolute Gasteiger partial charge is 0.488 e. The molecule has 5 N–H and O–H groups in total. The Hall–Kier alpha value is -2.41. The average molecular weight is 431 g/mol. The highest BCUT2D eigenvalue weighted by molar-refractivity contribution is 6.58. The molecule has 2 fully saturated rings. The molecule has 2 saturated carbocycles. The quantitative estimate of drug-likeness (QED) is 0.561. The summed E-state index contributed by atoms with van der Waals surface area (Å²) in [5.74, 6) is 0.909. The van der Waals surface area contributed by atoms with Crippen LogP contribution in [0.4, 0.5) is 0 Å². The number of aliphatic hydroxyl groups is 1. The summed E-state index contributed by atoms with van der Waals surface area (Å²) in [6.45, 7) is 2.24. The Morgan fingerprint density at radius 1 is 1.19 bits per heavy atom. The molecule has 3 aliphatic rings. The standard InChI is InChI=1S/C26H30BNO4/c1-26-10-9-21-20-8-6-19(27(31)32)13-16(20)5-7-22(21)23(26)14-18(24(26)29)12-15-3-2-4-17(11-15)25(28)30/h2-4,6,8,11-13,21-24,29,31-32H,5,7,9-10,14H2,1H3,(H2,28,30)/b18-12+/t21?,22?,23?,24-,26-/m0/s1. The molecule has 5 atom stereocenters. The van der Waals surface area contributed by atoms with Crippen molar-refractivity contribution in [2.24, 2.45) is 23.0 Å². The highest BCUT2D eigenvalue weighted by atomic mass is 16.4. The Labute approximate surface area is 189 Å². The van der Waals surface area contributed by atoms with Gasteiger partial charge in [-0.05, 0) is 89.7 Å². The first-order valence-corrected chi connectivity index (χ1v) is 11.5. The van der Waals surface area contributed by atoms with Crippen LogP contribution in [0.15, 0.2) is 48.0 Å². The van der Waals surface area contributed by atoms with Gasteiger partial charge in [0.25, 0.3) is 0 Å². The first kappa shape index (κ1) is 21.4. The number of carbonyl (C=O) groups excluding carboxylic acids is 1. The third kappa shape index (κ3) is 3.42. The summed E-state index contributed by atoms with van der Waals surface area (Å²) in [6, 6.07) is 13.1. The Bertz CT molecular complexity index is 1100. The van der Waals surface area contributed by atoms with Gasteiger partial charge in [0.2, 0.25) is 5.91 Å². The minimum atomic E-state index is -1.43. The maximum absolute atomic E-state index is 11.6. The van der Waals surface area contributed by atoms with Gasteiger partial charge in [-0.15, -0.1) is 0 Å². The third-order valence-corrected chi connectivity index (χ3v) is 8.44. The van der Waals surface area contributed by atoms with Crippen molar-refractivity contribution < 1.29 is 19.9 Å². The van der Waals surface area contributed by atoms with Gasteiger partial charge in [-0.25, -0.2) is 0 Å². The number of nitrogens with two attached hydrogens (primary N) is 1. The fourth-order valence-corrected chi connectivity index (χ4v) is 6.76. The summed E-state index contributed by atoms with van der Waals surface area (Å²) in [7, 11) is -1.43. The van der Waals surface area contributed by atoms with Gasteiger partial charge in [0.15, 0.2) is 0 Å². The normalized spacial score (nSPS) is 32.2. The van der Waals surface area contributed by atoms with Gasteiger partial charge in [-0.3, -0.25) is 4.79 Å². The van der Waals surface area contributed by atoms with Gasteiger partial charge in [0.05, 0.1) is 6.10 Å². The van der Waals surface area contributed by atoms with Crippen LogP contribution in [0, 0.1) is 17.3 Å². The number of rotatable bonds is 3. The van der Waals surface area contributed by atoms with Crippen LogP contribution in [0.2, 0.25) is 0 Å². The Kier molecular flexibility index (Phi) is 5.27. The molecule has 5 rings (SSSR count). The topological polar surface area (TPSA) is 104 Å². The maximum atomic E-state index is 11.6. The number of aryl methyl sites for hydroxylation is 1. The van der Waals surface area contributed by atoms with E-state index >= 15 is 0 Å². The first-order chi connectivity index (χ1) is 15.3. The lowest BCUT2D eigenvalue weighted by molar-refractivity contribution is -0.0158. The van der Waals surface area contributed by atoms with E-state index in [2.05, 4.69) is 13.0 Å². The van der Waals surface area contributed by atoms with E-state index in [0.717, 1.165) is 43.2 Å². The maximum Gasteiger partial charge on any atom is 0.488 e. The predicted molar refractivity (Wildman–Crippen MR) is 125 cm³/mol. The second-order valence-electron chi connectivity index (χ2n) is 10.1. The molecule has 0 saturated heterocycles. The SMILES string of the molecule is C[C@]12CCC3c4ccc(B(O)O)cc4CCC3C1C/C(=C\c1cccc(C(N)=O)c1)[C@@H]2O. The van der Waals surface area contributed by atoms with Crippen molar-refractivity contribution in [3.8, 4) is 0 Å². The van der Waals surface area contributed by atoms with Crippen LogP contribution in [0.25, 0.3) is 6.08 Å². The van der Waals surface area contributed by atoms with Crippen molar-refractivity contribution in [2.75, 3.05) is 0 Å². The number of amides is 1. The smallest absolute Gasteiger partial charge is 0.423 e. The molecule has 3 aliphatic carbocycles. The van der Waals surface area contributed by atoms with Crippen LogP contribution in [0.1, 0.15) is 65.6 Å². The van der Waals surface area contributed by atoms with Crippen LogP contribution in [-0.4, -0.2) is 34.3 Å². The van der Waals surface area contributed by atoms with Gasteiger partial charge < -0.3 is 20.9 Å². The molecular formula is C26H30BNO4. The summed E-state index contributed by atoms with van der Waals surface area (Å²) in [5, 5.41) is 30.4. The van der Waals surface area contributed by atoms with Gasteiger partial charge in [-0.2, -0.15) is 0 Å². The van der Waals surface area contributed by atoms with Gasteiger partial charge in [-0.1, -0.05) is 43.3 Å². The molecule has 2 aromatic carbocycles. The molecule has 2 aromatic rings. The van der Waals surface area contributed by atoms with E-state index in [1.165, 1.54) is 11.1 Å². The zero-order chi connectivity index (χ0) is 22.6. The molecule has 32 heavy (non-hydrogen) atoms. The molecule has 166 valence electrons. The molecule has 3 unspecified atom stereocenters. The summed E-state index contributed by atoms with van der Waals surface area (Å²) < 4.78 is 0. The number of primary amides is 1. The molecular weight excluding hydrogens is 401 g/mol. The fraction of sp³-hybridized carbons (Fsp3) is 0.423. The van der Waals surface area contributed by atoms with Crippen molar-refractivity contribution >= 4 is 24.6 Å². The minimum absolute atomic E-state index is 0.146. The molecule has 0 bridgehead atoms. The summed E-state index contributed by atoms with van der Waals surface area (Å²) in [5.41, 5.74) is 10.8. The number of hydrogen-bond donors (Lipinski definition) is 4. The first-order valence-electron chi connectivity index (χ1n) is 11.5. The minimum Gasteiger partial charge on any atom is -0.423 e. The molecule has 0 aliphatic heterocycles. The van der Waals surface area contributed by atoms with Crippen molar-refractivity contribution in [2.45, 2.75) is 51.0 Å². The molecule has 0 heterocycles. The summed E-state index contributed by atoms with van der Waals surface area (Å²) in [6.07, 6.45) is 6.40. The molecule has 0 spiro atoms. The van der Waals surface area contributed by atoms with Gasteiger partial charge in [0, 0.05) is 11.0 Å². The van der Waals surface area contributed by atoms with E-state index in [9.17, 15) is 19.9 Å². The number of benzene rings is 2. The zero-order valence-corrected chi connectivity index (χ0v) is 18.4. The third-order valence-electron chi connectivity index (χ3n) is 8.44. The summed E-state index contributed by atoms with van der Waals surface area (Å²) >= 11 is 0. The van der Waals surface area contributed by atoms with E-state index in [1.54, 1.807) is 12.1 Å². The second-order valence-corrected chi connectivity index (χ2v) is 10.1. The van der Waals surface area contributed by atoms with Gasteiger partial charge in [0.1, 0.15) is 0 Å². The van der Waals surface area contributed by atoms with Crippen molar-refractivity contribution in [1.82, 2.24) is 0 Å². The fourth-order valence-electron chi connectivity index (χ4n) is 6.76. The molecule has 0 radical (unpaired) electrons. The van der Waals surface area contributed by atoms with E-state index < -0.39 is 19.1 Å². The summed E-state index contributed by atoms with van der Waals surface area (Å²) in [4.78, 5) is 11.6. The lowest BCUT2D eigenvalue weighted by atomic mass is 9.55. The van der Waals surface area contributed by atoms with Crippen LogP contribution in [-0.2, 0) is 6.42 Å². The number of fused-ring (bicyclic) bond motifs is 5. The second kappa shape index (κ2) is 7.87. The Balaban J connectivity index is 1.45. The zero-order valence-electron chi connectivity index (χ0n) is 18.4. The molecule has 0 aromatic heterocycles. The van der Waals surface area contributed by atoms with E-state index in [1.807, 2.05) is 30.3 Å². The number of hydrogen-bond acceptors (Lipinski definition) is 4. The lowest BCUT2D eigenvalue weighted by Crippen LogP contribution is -2.44. The van der Waals surface area contributed by atoms with Crippen molar-refractivity contribution in [3.63, 3.8) is 0 Å². The molecule has 6 heteroatoms. The van der Waals surface area contributed by atoms with Gasteiger partial charge >= 0.3 is 7.12 Å². The van der Waals surface area contributed by atoms with E-state index in [0.29, 0.717) is 28.8 Å². The van der Waals surface area contributed by atoms with Crippen LogP contribution >= 0.6 is 0 Å². The number of carbonyl (C=O) groups is 1. The Morgan fingerprint density at radius 2 is 2.00 bits per heavy atom. The van der Waals surface area contributed by atoms with E-state index in [4.69, 9.17) is 5.73 Å². The highest BCUT2D eigenvalue weighted by Crippen LogP contribution is 2.62. The van der Waals surface area contributed by atoms with E-state index in [-0.39, 0.29) is 5.41 Å². The lowest BCUT2D eigenvalue weighted by Gasteiger charge is -2.49.